The number of hydrazine groups is 1. The number of ether oxygens (including phenoxy) is 2. The van der Waals surface area contributed by atoms with Crippen molar-refractivity contribution in [2.75, 3.05) is 19.8 Å². The van der Waals surface area contributed by atoms with Gasteiger partial charge in [0, 0.05) is 18.6 Å². The van der Waals surface area contributed by atoms with Crippen LogP contribution in [0.3, 0.4) is 0 Å². The van der Waals surface area contributed by atoms with Crippen LogP contribution in [0.1, 0.15) is 30.7 Å². The zero-order valence-electron chi connectivity index (χ0n) is 11.2. The molecular formula is C15H22N2O2. The van der Waals surface area contributed by atoms with Crippen LogP contribution in [0.4, 0.5) is 0 Å². The lowest BCUT2D eigenvalue weighted by molar-refractivity contribution is 0.0318. The second-order valence-corrected chi connectivity index (χ2v) is 5.45. The van der Waals surface area contributed by atoms with Crippen LogP contribution in [0, 0.1) is 5.92 Å². The summed E-state index contributed by atoms with van der Waals surface area (Å²) in [4.78, 5) is 0. The van der Waals surface area contributed by atoms with Crippen molar-refractivity contribution in [3.63, 3.8) is 0 Å². The standard InChI is InChI=1S/C15H22N2O2/c16-17-15(11-4-3-8-18-10-11)13-7-9-19-14-6-2-1-5-12(13)14/h1-2,5-6,11,13,15,17H,3-4,7-10,16H2. The molecule has 0 bridgehead atoms. The van der Waals surface area contributed by atoms with E-state index in [0.29, 0.717) is 11.8 Å². The quantitative estimate of drug-likeness (QED) is 0.644. The summed E-state index contributed by atoms with van der Waals surface area (Å²) in [5.74, 6) is 7.77. The van der Waals surface area contributed by atoms with E-state index < -0.39 is 0 Å². The minimum absolute atomic E-state index is 0.269. The SMILES string of the molecule is NNC(C1CCCOC1)C1CCOc2ccccc21. The van der Waals surface area contributed by atoms with E-state index >= 15 is 0 Å². The van der Waals surface area contributed by atoms with Crippen molar-refractivity contribution in [3.05, 3.63) is 29.8 Å². The average Bonchev–Trinajstić information content (AvgIpc) is 2.49. The zero-order chi connectivity index (χ0) is 13.1. The molecule has 1 aromatic rings. The molecule has 19 heavy (non-hydrogen) atoms. The van der Waals surface area contributed by atoms with Gasteiger partial charge in [0.2, 0.25) is 0 Å². The van der Waals surface area contributed by atoms with Gasteiger partial charge in [-0.05, 0) is 36.8 Å². The van der Waals surface area contributed by atoms with Gasteiger partial charge in [0.15, 0.2) is 0 Å². The normalized spacial score (nSPS) is 28.3. The van der Waals surface area contributed by atoms with Crippen molar-refractivity contribution in [1.29, 1.82) is 0 Å². The van der Waals surface area contributed by atoms with E-state index in [9.17, 15) is 0 Å². The van der Waals surface area contributed by atoms with Crippen LogP contribution in [0.25, 0.3) is 0 Å². The molecule has 2 aliphatic rings. The Morgan fingerprint density at radius 1 is 1.21 bits per heavy atom. The molecule has 3 rings (SSSR count). The number of hydrogen-bond donors (Lipinski definition) is 2. The third kappa shape index (κ3) is 2.61. The molecule has 104 valence electrons. The largest absolute Gasteiger partial charge is 0.493 e. The molecule has 3 N–H and O–H groups in total. The third-order valence-electron chi connectivity index (χ3n) is 4.33. The van der Waals surface area contributed by atoms with Crippen LogP contribution in [0.5, 0.6) is 5.75 Å². The highest BCUT2D eigenvalue weighted by Gasteiger charge is 2.34. The second-order valence-electron chi connectivity index (χ2n) is 5.45. The van der Waals surface area contributed by atoms with Gasteiger partial charge >= 0.3 is 0 Å². The van der Waals surface area contributed by atoms with Crippen LogP contribution in [-0.4, -0.2) is 25.9 Å². The van der Waals surface area contributed by atoms with E-state index in [2.05, 4.69) is 17.6 Å². The fourth-order valence-electron chi connectivity index (χ4n) is 3.37. The van der Waals surface area contributed by atoms with Gasteiger partial charge < -0.3 is 9.47 Å². The van der Waals surface area contributed by atoms with E-state index in [0.717, 1.165) is 38.4 Å². The molecule has 0 spiro atoms. The summed E-state index contributed by atoms with van der Waals surface area (Å²) in [6.07, 6.45) is 3.34. The van der Waals surface area contributed by atoms with Crippen molar-refractivity contribution in [3.8, 4) is 5.75 Å². The summed E-state index contributed by atoms with van der Waals surface area (Å²) in [6.45, 7) is 2.47. The van der Waals surface area contributed by atoms with Gasteiger partial charge in [-0.2, -0.15) is 0 Å². The Morgan fingerprint density at radius 2 is 2.11 bits per heavy atom. The molecule has 3 unspecified atom stereocenters. The summed E-state index contributed by atoms with van der Waals surface area (Å²) in [6, 6.07) is 8.58. The Kier molecular flexibility index (Phi) is 4.01. The highest BCUT2D eigenvalue weighted by atomic mass is 16.5. The van der Waals surface area contributed by atoms with E-state index in [-0.39, 0.29) is 6.04 Å². The molecular weight excluding hydrogens is 240 g/mol. The summed E-state index contributed by atoms with van der Waals surface area (Å²) >= 11 is 0. The van der Waals surface area contributed by atoms with Crippen LogP contribution in [-0.2, 0) is 4.74 Å². The maximum atomic E-state index is 5.85. The molecule has 4 nitrogen and oxygen atoms in total. The smallest absolute Gasteiger partial charge is 0.122 e. The van der Waals surface area contributed by atoms with Gasteiger partial charge in [-0.15, -0.1) is 0 Å². The molecule has 0 radical (unpaired) electrons. The fraction of sp³-hybridized carbons (Fsp3) is 0.600. The molecule has 1 fully saturated rings. The topological polar surface area (TPSA) is 56.5 Å². The Morgan fingerprint density at radius 3 is 2.89 bits per heavy atom. The summed E-state index contributed by atoms with van der Waals surface area (Å²) < 4.78 is 11.4. The number of hydrogen-bond acceptors (Lipinski definition) is 4. The van der Waals surface area contributed by atoms with Crippen molar-refractivity contribution in [2.45, 2.75) is 31.2 Å². The first-order valence-corrected chi connectivity index (χ1v) is 7.15. The number of para-hydroxylation sites is 1. The molecule has 4 heteroatoms. The van der Waals surface area contributed by atoms with E-state index in [1.807, 2.05) is 12.1 Å². The van der Waals surface area contributed by atoms with Crippen molar-refractivity contribution in [2.24, 2.45) is 11.8 Å². The number of nitrogens with two attached hydrogens (primary N) is 1. The molecule has 2 heterocycles. The van der Waals surface area contributed by atoms with Gasteiger partial charge in [-0.1, -0.05) is 18.2 Å². The lowest BCUT2D eigenvalue weighted by atomic mass is 9.79. The van der Waals surface area contributed by atoms with Crippen LogP contribution in [0.15, 0.2) is 24.3 Å². The molecule has 1 aromatic carbocycles. The van der Waals surface area contributed by atoms with Crippen molar-refractivity contribution >= 4 is 0 Å². The average molecular weight is 262 g/mol. The molecule has 0 amide bonds. The summed E-state index contributed by atoms with van der Waals surface area (Å²) in [5.41, 5.74) is 4.33. The lowest BCUT2D eigenvalue weighted by Gasteiger charge is -2.38. The van der Waals surface area contributed by atoms with E-state index in [1.54, 1.807) is 0 Å². The molecule has 0 aliphatic carbocycles. The minimum Gasteiger partial charge on any atom is -0.493 e. The van der Waals surface area contributed by atoms with Gasteiger partial charge in [-0.3, -0.25) is 11.3 Å². The number of fused-ring (bicyclic) bond motifs is 1. The fourth-order valence-corrected chi connectivity index (χ4v) is 3.37. The van der Waals surface area contributed by atoms with Crippen molar-refractivity contribution < 1.29 is 9.47 Å². The van der Waals surface area contributed by atoms with Crippen LogP contribution < -0.4 is 16.0 Å². The van der Waals surface area contributed by atoms with Crippen molar-refractivity contribution in [1.82, 2.24) is 5.43 Å². The summed E-state index contributed by atoms with van der Waals surface area (Å²) in [7, 11) is 0. The Labute approximate surface area is 114 Å². The van der Waals surface area contributed by atoms with Gasteiger partial charge in [-0.25, -0.2) is 0 Å². The number of nitrogens with one attached hydrogen (secondary N) is 1. The Bertz CT molecular complexity index is 418. The lowest BCUT2D eigenvalue weighted by Crippen LogP contribution is -2.48. The maximum Gasteiger partial charge on any atom is 0.122 e. The number of benzene rings is 1. The Balaban J connectivity index is 1.83. The van der Waals surface area contributed by atoms with Gasteiger partial charge in [0.05, 0.1) is 13.2 Å². The molecule has 3 atom stereocenters. The molecule has 0 saturated carbocycles. The zero-order valence-corrected chi connectivity index (χ0v) is 11.2. The first kappa shape index (κ1) is 12.9. The minimum atomic E-state index is 0.269. The van der Waals surface area contributed by atoms with Gasteiger partial charge in [0.1, 0.15) is 5.75 Å². The molecule has 2 aliphatic heterocycles. The first-order chi connectivity index (χ1) is 9.40. The van der Waals surface area contributed by atoms with Crippen LogP contribution in [0.2, 0.25) is 0 Å². The number of rotatable bonds is 3. The third-order valence-corrected chi connectivity index (χ3v) is 4.33. The highest BCUT2D eigenvalue weighted by molar-refractivity contribution is 5.38. The van der Waals surface area contributed by atoms with Gasteiger partial charge in [0.25, 0.3) is 0 Å². The highest BCUT2D eigenvalue weighted by Crippen LogP contribution is 2.38. The van der Waals surface area contributed by atoms with Crippen LogP contribution >= 0.6 is 0 Å². The molecule has 0 aromatic heterocycles. The first-order valence-electron chi connectivity index (χ1n) is 7.15. The molecule has 1 saturated heterocycles. The predicted octanol–water partition coefficient (Wildman–Crippen LogP) is 1.81. The predicted molar refractivity (Wildman–Crippen MR) is 73.9 cm³/mol. The van der Waals surface area contributed by atoms with E-state index in [1.165, 1.54) is 12.0 Å². The van der Waals surface area contributed by atoms with E-state index in [4.69, 9.17) is 15.3 Å². The monoisotopic (exact) mass is 262 g/mol. The maximum absolute atomic E-state index is 5.85. The summed E-state index contributed by atoms with van der Waals surface area (Å²) in [5, 5.41) is 0. The second kappa shape index (κ2) is 5.90. The Hall–Kier alpha value is -1.10.